The van der Waals surface area contributed by atoms with Gasteiger partial charge in [-0.15, -0.1) is 0 Å². The average Bonchev–Trinajstić information content (AvgIpc) is 3.76. The first-order valence-electron chi connectivity index (χ1n) is 11.2. The van der Waals surface area contributed by atoms with Crippen molar-refractivity contribution in [2.24, 2.45) is 0 Å². The van der Waals surface area contributed by atoms with Crippen LogP contribution >= 0.6 is 0 Å². The maximum atomic E-state index is 6.77. The highest BCUT2D eigenvalue weighted by Crippen LogP contribution is 2.53. The Morgan fingerprint density at radius 1 is 0.333 bits per heavy atom. The van der Waals surface area contributed by atoms with Crippen molar-refractivity contribution in [2.45, 2.75) is 0 Å². The first-order valence-corrected chi connectivity index (χ1v) is 11.2. The van der Waals surface area contributed by atoms with E-state index in [1.165, 1.54) is 48.5 Å². The summed E-state index contributed by atoms with van der Waals surface area (Å²) in [5.74, 6) is 0. The predicted molar refractivity (Wildman–Crippen MR) is 134 cm³/mol. The van der Waals surface area contributed by atoms with Crippen LogP contribution in [0.2, 0.25) is 0 Å². The zero-order chi connectivity index (χ0) is 21.0. The predicted octanol–water partition coefficient (Wildman–Crippen LogP) is 9.16. The maximum absolute atomic E-state index is 6.77. The van der Waals surface area contributed by atoms with Crippen LogP contribution in [0.4, 0.5) is 0 Å². The number of hydrogen-bond donors (Lipinski definition) is 0. The lowest BCUT2D eigenvalue weighted by Crippen LogP contribution is -1.85. The van der Waals surface area contributed by atoms with Gasteiger partial charge in [0.2, 0.25) is 11.2 Å². The van der Waals surface area contributed by atoms with Crippen molar-refractivity contribution in [1.29, 1.82) is 0 Å². The van der Waals surface area contributed by atoms with Gasteiger partial charge in [-0.1, -0.05) is 48.5 Å². The van der Waals surface area contributed by atoms with Crippen LogP contribution in [0.3, 0.4) is 0 Å². The van der Waals surface area contributed by atoms with Gasteiger partial charge in [-0.2, -0.15) is 0 Å². The molecule has 0 radical (unpaired) electrons. The van der Waals surface area contributed by atoms with Crippen molar-refractivity contribution < 1.29 is 13.3 Å². The Balaban J connectivity index is 1.63. The van der Waals surface area contributed by atoms with E-state index in [2.05, 4.69) is 72.8 Å². The summed E-state index contributed by atoms with van der Waals surface area (Å²) in [5.41, 5.74) is 5.45. The molecule has 150 valence electrons. The lowest BCUT2D eigenvalue weighted by Gasteiger charge is -2.11. The van der Waals surface area contributed by atoms with Crippen LogP contribution in [0.5, 0.6) is 0 Å². The molecule has 3 nitrogen and oxygen atoms in total. The van der Waals surface area contributed by atoms with E-state index >= 15 is 0 Å². The van der Waals surface area contributed by atoms with Gasteiger partial charge < -0.3 is 13.3 Å². The molecule has 3 heteroatoms. The molecule has 0 spiro atoms. The largest absolute Gasteiger partial charge is 0.455 e. The zero-order valence-electron chi connectivity index (χ0n) is 17.2. The summed E-state index contributed by atoms with van der Waals surface area (Å²) in [6.45, 7) is 0. The van der Waals surface area contributed by atoms with Gasteiger partial charge in [0.15, 0.2) is 11.2 Å². The highest BCUT2D eigenvalue weighted by atomic mass is 16.4. The van der Waals surface area contributed by atoms with Gasteiger partial charge in [0.1, 0.15) is 11.2 Å². The molecule has 3 aromatic heterocycles. The Hall–Kier alpha value is -4.50. The van der Waals surface area contributed by atoms with Crippen LogP contribution in [0.1, 0.15) is 0 Å². The Kier molecular flexibility index (Phi) is 2.16. The Morgan fingerprint density at radius 3 is 1.73 bits per heavy atom. The quantitative estimate of drug-likeness (QED) is 0.181. The molecule has 0 atom stereocenters. The van der Waals surface area contributed by atoms with E-state index < -0.39 is 0 Å². The van der Waals surface area contributed by atoms with Gasteiger partial charge in [-0.05, 0) is 62.0 Å². The fraction of sp³-hybridized carbons (Fsp3) is 0. The minimum atomic E-state index is 0.876. The van der Waals surface area contributed by atoms with Crippen LogP contribution in [0.15, 0.2) is 86.0 Å². The smallest absolute Gasteiger partial charge is 0.217 e. The number of rotatable bonds is 0. The van der Waals surface area contributed by atoms with E-state index in [4.69, 9.17) is 13.3 Å². The first-order chi connectivity index (χ1) is 16.3. The van der Waals surface area contributed by atoms with E-state index in [9.17, 15) is 0 Å². The summed E-state index contributed by atoms with van der Waals surface area (Å²) in [6, 6.07) is 26.3. The number of furan rings is 1. The molecule has 0 unspecified atom stereocenters. The van der Waals surface area contributed by atoms with Gasteiger partial charge in [0.25, 0.3) is 0 Å². The maximum Gasteiger partial charge on any atom is 0.217 e. The van der Waals surface area contributed by atoms with Gasteiger partial charge >= 0.3 is 0 Å². The molecule has 10 aromatic rings. The van der Waals surface area contributed by atoms with Crippen LogP contribution < -0.4 is 0 Å². The minimum absolute atomic E-state index is 0.876. The fourth-order valence-corrected chi connectivity index (χ4v) is 6.09. The second kappa shape index (κ2) is 4.64. The Morgan fingerprint density at radius 2 is 0.909 bits per heavy atom. The SMILES string of the molecule is c1ccc2cc3c(cc2c1)c1cc2ccccc2c2oc4c5c(cc3c4c12)c1oc1c1oc15. The second-order valence-corrected chi connectivity index (χ2v) is 9.27. The molecule has 3 heterocycles. The zero-order valence-corrected chi connectivity index (χ0v) is 17.2. The van der Waals surface area contributed by atoms with Crippen LogP contribution in [0, 0.1) is 0 Å². The van der Waals surface area contributed by atoms with Gasteiger partial charge in [0, 0.05) is 21.5 Å². The number of benzene rings is 7. The average molecular weight is 420 g/mol. The molecule has 0 fully saturated rings. The third kappa shape index (κ3) is 1.61. The standard InChI is InChI=1S/C30H12O3/c1-2-6-14-10-18-17(9-13(14)5-1)19-11-15-7-3-4-8-16(15)25-22(19)23-20(18)12-21-24(27(23)31-25)28-30(33-28)29-26(21)32-29/h1-12H. The van der Waals surface area contributed by atoms with Gasteiger partial charge in [-0.25, -0.2) is 0 Å². The van der Waals surface area contributed by atoms with E-state index in [0.29, 0.717) is 0 Å². The van der Waals surface area contributed by atoms with Crippen LogP contribution in [0.25, 0.3) is 98.1 Å². The molecule has 0 saturated carbocycles. The summed E-state index contributed by atoms with van der Waals surface area (Å²) in [5, 5.41) is 14.2. The highest BCUT2D eigenvalue weighted by Gasteiger charge is 2.31. The normalized spacial score (nSPS) is 13.5. The molecule has 0 bridgehead atoms. The first kappa shape index (κ1) is 15.3. The fourth-order valence-electron chi connectivity index (χ4n) is 6.09. The summed E-state index contributed by atoms with van der Waals surface area (Å²) < 4.78 is 18.5. The van der Waals surface area contributed by atoms with Crippen molar-refractivity contribution in [1.82, 2.24) is 0 Å². The monoisotopic (exact) mass is 420 g/mol. The van der Waals surface area contributed by atoms with E-state index in [-0.39, 0.29) is 0 Å². The van der Waals surface area contributed by atoms with Crippen molar-refractivity contribution in [2.75, 3.05) is 0 Å². The molecular weight excluding hydrogens is 408 g/mol. The Labute approximate surface area is 184 Å². The highest BCUT2D eigenvalue weighted by molar-refractivity contribution is 6.43. The summed E-state index contributed by atoms with van der Waals surface area (Å²) in [7, 11) is 0. The molecule has 0 N–H and O–H groups in total. The molecule has 0 aliphatic heterocycles. The molecule has 10 rings (SSSR count). The summed E-state index contributed by atoms with van der Waals surface area (Å²) in [6.07, 6.45) is 0. The third-order valence-corrected chi connectivity index (χ3v) is 7.62. The van der Waals surface area contributed by atoms with Crippen LogP contribution in [-0.2, 0) is 0 Å². The molecule has 7 aromatic carbocycles. The number of hydrogen-bond acceptors (Lipinski definition) is 3. The molecule has 0 amide bonds. The summed E-state index contributed by atoms with van der Waals surface area (Å²) >= 11 is 0. The van der Waals surface area contributed by atoms with Crippen molar-refractivity contribution >= 4 is 98.1 Å². The number of fused-ring (bicyclic) bond motifs is 13. The molecular formula is C30H12O3. The van der Waals surface area contributed by atoms with Crippen molar-refractivity contribution in [3.05, 3.63) is 72.8 Å². The minimum Gasteiger partial charge on any atom is -0.455 e. The van der Waals surface area contributed by atoms with E-state index in [1.54, 1.807) is 0 Å². The van der Waals surface area contributed by atoms with Gasteiger partial charge in [-0.3, -0.25) is 0 Å². The third-order valence-electron chi connectivity index (χ3n) is 7.62. The molecule has 33 heavy (non-hydrogen) atoms. The molecule has 0 aliphatic carbocycles. The van der Waals surface area contributed by atoms with Crippen molar-refractivity contribution in [3.63, 3.8) is 0 Å². The van der Waals surface area contributed by atoms with Gasteiger partial charge in [0.05, 0.1) is 5.39 Å². The summed E-state index contributed by atoms with van der Waals surface area (Å²) in [4.78, 5) is 0. The lowest BCUT2D eigenvalue weighted by molar-refractivity contribution is 0.676. The van der Waals surface area contributed by atoms with Crippen LogP contribution in [-0.4, -0.2) is 0 Å². The van der Waals surface area contributed by atoms with E-state index in [1.807, 2.05) is 0 Å². The molecule has 0 saturated heterocycles. The molecule has 0 aliphatic rings. The van der Waals surface area contributed by atoms with Crippen molar-refractivity contribution in [3.8, 4) is 0 Å². The topological polar surface area (TPSA) is 39.4 Å². The Bertz CT molecular complexity index is 2390. The second-order valence-electron chi connectivity index (χ2n) is 9.27. The van der Waals surface area contributed by atoms with E-state index in [0.717, 1.165) is 49.7 Å². The lowest BCUT2D eigenvalue weighted by atomic mass is 9.89.